The fraction of sp³-hybridized carbons (Fsp3) is 0.588. The second-order valence-electron chi connectivity index (χ2n) is 6.99. The Morgan fingerprint density at radius 3 is 2.52 bits per heavy atom. The van der Waals surface area contributed by atoms with Crippen molar-refractivity contribution in [1.29, 1.82) is 0 Å². The summed E-state index contributed by atoms with van der Waals surface area (Å²) >= 11 is 0. The minimum Gasteiger partial charge on any atom is -0.340 e. The smallest absolute Gasteiger partial charge is 0.224 e. The fourth-order valence-electron chi connectivity index (χ4n) is 2.72. The lowest BCUT2D eigenvalue weighted by atomic mass is 9.84. The Morgan fingerprint density at radius 2 is 1.91 bits per heavy atom. The summed E-state index contributed by atoms with van der Waals surface area (Å²) in [5.41, 5.74) is 0.311. The number of pyridine rings is 1. The van der Waals surface area contributed by atoms with Crippen LogP contribution in [-0.2, 0) is 9.59 Å². The van der Waals surface area contributed by atoms with E-state index in [0.29, 0.717) is 18.5 Å². The molecular formula is C17H26N4O2. The van der Waals surface area contributed by atoms with Gasteiger partial charge in [-0.3, -0.25) is 14.6 Å². The Bertz CT molecular complexity index is 537. The first-order chi connectivity index (χ1) is 10.9. The Hall–Kier alpha value is -1.95. The molecule has 0 atom stereocenters. The molecular weight excluding hydrogens is 292 g/mol. The van der Waals surface area contributed by atoms with Gasteiger partial charge in [-0.25, -0.2) is 0 Å². The number of carbonyl (C=O) groups excluding carboxylic acids is 2. The van der Waals surface area contributed by atoms with Crippen LogP contribution in [-0.4, -0.2) is 59.8 Å². The van der Waals surface area contributed by atoms with Crippen LogP contribution in [0.3, 0.4) is 0 Å². The van der Waals surface area contributed by atoms with Crippen molar-refractivity contribution in [2.24, 2.45) is 5.41 Å². The maximum Gasteiger partial charge on any atom is 0.224 e. The Labute approximate surface area is 137 Å². The van der Waals surface area contributed by atoms with Gasteiger partial charge in [-0.05, 0) is 24.6 Å². The Morgan fingerprint density at radius 1 is 1.22 bits per heavy atom. The van der Waals surface area contributed by atoms with Crippen molar-refractivity contribution in [2.45, 2.75) is 26.7 Å². The van der Waals surface area contributed by atoms with Crippen LogP contribution < -0.4 is 5.32 Å². The predicted molar refractivity (Wildman–Crippen MR) is 90.0 cm³/mol. The zero-order chi connectivity index (χ0) is 16.9. The molecule has 6 nitrogen and oxygen atoms in total. The van der Waals surface area contributed by atoms with Crippen molar-refractivity contribution in [3.05, 3.63) is 24.5 Å². The Kier molecular flexibility index (Phi) is 5.71. The highest BCUT2D eigenvalue weighted by Crippen LogP contribution is 2.27. The van der Waals surface area contributed by atoms with Crippen LogP contribution in [0.5, 0.6) is 0 Å². The summed E-state index contributed by atoms with van der Waals surface area (Å²) in [6.45, 7) is 7.29. The van der Waals surface area contributed by atoms with Gasteiger partial charge in [-0.15, -0.1) is 0 Å². The van der Waals surface area contributed by atoms with Crippen LogP contribution in [0.4, 0.5) is 5.69 Å². The third kappa shape index (κ3) is 5.63. The third-order valence-electron chi connectivity index (χ3n) is 4.07. The van der Waals surface area contributed by atoms with Gasteiger partial charge < -0.3 is 15.1 Å². The molecule has 0 aliphatic carbocycles. The van der Waals surface area contributed by atoms with Crippen LogP contribution >= 0.6 is 0 Å². The van der Waals surface area contributed by atoms with Crippen molar-refractivity contribution in [2.75, 3.05) is 38.5 Å². The van der Waals surface area contributed by atoms with Crippen molar-refractivity contribution in [3.63, 3.8) is 0 Å². The number of amides is 2. The molecule has 6 heteroatoms. The first-order valence-corrected chi connectivity index (χ1v) is 8.02. The number of anilines is 1. The highest BCUT2D eigenvalue weighted by atomic mass is 16.2. The molecule has 2 rings (SSSR count). The molecule has 1 saturated heterocycles. The molecule has 1 N–H and O–H groups in total. The summed E-state index contributed by atoms with van der Waals surface area (Å²) in [4.78, 5) is 32.7. The van der Waals surface area contributed by atoms with E-state index in [1.54, 1.807) is 24.5 Å². The van der Waals surface area contributed by atoms with E-state index >= 15 is 0 Å². The number of hydrogen-bond donors (Lipinski definition) is 1. The summed E-state index contributed by atoms with van der Waals surface area (Å²) in [7, 11) is 2.06. The lowest BCUT2D eigenvalue weighted by Crippen LogP contribution is -2.48. The van der Waals surface area contributed by atoms with Gasteiger partial charge in [0.05, 0.1) is 11.9 Å². The number of rotatable bonds is 5. The average molecular weight is 318 g/mol. The van der Waals surface area contributed by atoms with E-state index in [-0.39, 0.29) is 17.2 Å². The molecule has 1 aliphatic rings. The molecule has 23 heavy (non-hydrogen) atoms. The zero-order valence-electron chi connectivity index (χ0n) is 14.2. The summed E-state index contributed by atoms with van der Waals surface area (Å²) < 4.78 is 0. The van der Waals surface area contributed by atoms with Crippen LogP contribution in [0.25, 0.3) is 0 Å². The second-order valence-corrected chi connectivity index (χ2v) is 6.99. The van der Waals surface area contributed by atoms with Gasteiger partial charge in [-0.1, -0.05) is 13.8 Å². The maximum atomic E-state index is 12.4. The molecule has 1 aromatic rings. The van der Waals surface area contributed by atoms with Gasteiger partial charge in [0.1, 0.15) is 0 Å². The van der Waals surface area contributed by atoms with Crippen molar-refractivity contribution >= 4 is 17.5 Å². The first kappa shape index (κ1) is 17.4. The van der Waals surface area contributed by atoms with E-state index in [1.807, 2.05) is 18.7 Å². The van der Waals surface area contributed by atoms with Gasteiger partial charge in [0.15, 0.2) is 0 Å². The molecule has 1 fully saturated rings. The number of aromatic nitrogens is 1. The Balaban J connectivity index is 1.83. The molecule has 0 aromatic carbocycles. The monoisotopic (exact) mass is 318 g/mol. The fourth-order valence-corrected chi connectivity index (χ4v) is 2.72. The largest absolute Gasteiger partial charge is 0.340 e. The minimum atomic E-state index is -0.368. The number of nitrogens with one attached hydrogen (secondary N) is 1. The van der Waals surface area contributed by atoms with E-state index in [0.717, 1.165) is 26.2 Å². The molecule has 1 aliphatic heterocycles. The minimum absolute atomic E-state index is 0.0887. The van der Waals surface area contributed by atoms with E-state index < -0.39 is 0 Å². The quantitative estimate of drug-likeness (QED) is 0.895. The van der Waals surface area contributed by atoms with Gasteiger partial charge in [0, 0.05) is 45.2 Å². The van der Waals surface area contributed by atoms with Gasteiger partial charge in [0.25, 0.3) is 0 Å². The van der Waals surface area contributed by atoms with E-state index in [2.05, 4.69) is 22.2 Å². The molecule has 1 aromatic heterocycles. The molecule has 126 valence electrons. The molecule has 0 bridgehead atoms. The lowest BCUT2D eigenvalue weighted by Gasteiger charge is -2.34. The normalized spacial score (nSPS) is 16.2. The van der Waals surface area contributed by atoms with Crippen LogP contribution in [0.15, 0.2) is 24.5 Å². The molecule has 2 amide bonds. The number of piperazine rings is 1. The van der Waals surface area contributed by atoms with E-state index in [1.165, 1.54) is 0 Å². The van der Waals surface area contributed by atoms with E-state index in [9.17, 15) is 9.59 Å². The first-order valence-electron chi connectivity index (χ1n) is 8.02. The second kappa shape index (κ2) is 7.55. The van der Waals surface area contributed by atoms with Crippen LogP contribution in [0.2, 0.25) is 0 Å². The molecule has 0 saturated carbocycles. The number of nitrogens with zero attached hydrogens (tertiary/aromatic N) is 3. The average Bonchev–Trinajstić information content (AvgIpc) is 2.47. The SMILES string of the molecule is CN1CCN(C(=O)CC(C)(C)CC(=O)Nc2cccnc2)CC1. The number of hydrogen-bond acceptors (Lipinski definition) is 4. The third-order valence-corrected chi connectivity index (χ3v) is 4.07. The highest BCUT2D eigenvalue weighted by molar-refractivity contribution is 5.91. The number of carbonyl (C=O) groups is 2. The summed E-state index contributed by atoms with van der Waals surface area (Å²) in [5, 5.41) is 2.82. The van der Waals surface area contributed by atoms with Gasteiger partial charge >= 0.3 is 0 Å². The van der Waals surface area contributed by atoms with Crippen LogP contribution in [0.1, 0.15) is 26.7 Å². The van der Waals surface area contributed by atoms with Crippen molar-refractivity contribution in [1.82, 2.24) is 14.8 Å². The molecule has 0 radical (unpaired) electrons. The number of likely N-dealkylation sites (N-methyl/N-ethyl adjacent to an activating group) is 1. The van der Waals surface area contributed by atoms with Crippen molar-refractivity contribution < 1.29 is 9.59 Å². The van der Waals surface area contributed by atoms with E-state index in [4.69, 9.17) is 0 Å². The molecule has 2 heterocycles. The maximum absolute atomic E-state index is 12.4. The summed E-state index contributed by atoms with van der Waals surface area (Å²) in [6.07, 6.45) is 3.97. The van der Waals surface area contributed by atoms with Crippen molar-refractivity contribution in [3.8, 4) is 0 Å². The summed E-state index contributed by atoms with van der Waals surface area (Å²) in [6, 6.07) is 3.57. The lowest BCUT2D eigenvalue weighted by molar-refractivity contribution is -0.135. The van der Waals surface area contributed by atoms with Crippen LogP contribution in [0, 0.1) is 5.41 Å². The molecule has 0 spiro atoms. The van der Waals surface area contributed by atoms with Gasteiger partial charge in [0.2, 0.25) is 11.8 Å². The van der Waals surface area contributed by atoms with Gasteiger partial charge in [-0.2, -0.15) is 0 Å². The predicted octanol–water partition coefficient (Wildman–Crippen LogP) is 1.60. The highest BCUT2D eigenvalue weighted by Gasteiger charge is 2.29. The molecule has 0 unspecified atom stereocenters. The summed E-state index contributed by atoms with van der Waals surface area (Å²) in [5.74, 6) is 0.0476. The topological polar surface area (TPSA) is 65.5 Å². The standard InChI is InChI=1S/C17H26N4O2/c1-17(2,11-15(22)19-14-5-4-6-18-13-14)12-16(23)21-9-7-20(3)8-10-21/h4-6,13H,7-12H2,1-3H3,(H,19,22). The zero-order valence-corrected chi connectivity index (χ0v) is 14.2.